The van der Waals surface area contributed by atoms with Crippen molar-refractivity contribution in [3.8, 4) is 16.9 Å². The normalized spacial score (nSPS) is 14.6. The maximum atomic E-state index is 13.4. The second-order valence-electron chi connectivity index (χ2n) is 9.12. The Hall–Kier alpha value is -2.73. The van der Waals surface area contributed by atoms with Crippen LogP contribution in [-0.4, -0.2) is 61.1 Å². The summed E-state index contributed by atoms with van der Waals surface area (Å²) in [6, 6.07) is 20.8. The van der Waals surface area contributed by atoms with Crippen molar-refractivity contribution in [1.29, 1.82) is 0 Å². The summed E-state index contributed by atoms with van der Waals surface area (Å²) >= 11 is 12.2. The minimum absolute atomic E-state index is 0.0209. The molecule has 0 bridgehead atoms. The summed E-state index contributed by atoms with van der Waals surface area (Å²) in [6.07, 6.45) is 2.38. The molecule has 7 heteroatoms. The number of hydrogen-bond donors (Lipinski definition) is 1. The summed E-state index contributed by atoms with van der Waals surface area (Å²) in [5.74, 6) is 0.277. The number of amides is 1. The lowest BCUT2D eigenvalue weighted by Gasteiger charge is -2.33. The molecule has 1 amide bonds. The van der Waals surface area contributed by atoms with Crippen LogP contribution in [0.25, 0.3) is 11.1 Å². The molecule has 1 aliphatic heterocycles. The number of aromatic hydroxyl groups is 1. The van der Waals surface area contributed by atoms with Crippen molar-refractivity contribution >= 4 is 34.8 Å². The topological polar surface area (TPSA) is 47.0 Å². The third-order valence-electron chi connectivity index (χ3n) is 6.72. The van der Waals surface area contributed by atoms with E-state index in [4.69, 9.17) is 23.2 Å². The highest BCUT2D eigenvalue weighted by Crippen LogP contribution is 2.31. The van der Waals surface area contributed by atoms with Crippen molar-refractivity contribution in [2.24, 2.45) is 0 Å². The Kier molecular flexibility index (Phi) is 8.22. The lowest BCUT2D eigenvalue weighted by molar-refractivity contribution is -0.131. The highest BCUT2D eigenvalue weighted by molar-refractivity contribution is 6.42. The first-order valence-electron chi connectivity index (χ1n) is 11.9. The molecule has 1 fully saturated rings. The van der Waals surface area contributed by atoms with Gasteiger partial charge in [0, 0.05) is 31.9 Å². The average molecular weight is 512 g/mol. The minimum atomic E-state index is -0.0822. The Morgan fingerprint density at radius 2 is 1.66 bits per heavy atom. The zero-order valence-corrected chi connectivity index (χ0v) is 21.6. The van der Waals surface area contributed by atoms with Crippen molar-refractivity contribution < 1.29 is 9.90 Å². The SMILES string of the molecule is CN(CC(=O)N(C)C(CN1CCCC1)c1ccc(-c2ccccc2O)cc1)c1ccc(Cl)c(Cl)c1. The first-order chi connectivity index (χ1) is 16.8. The number of rotatable bonds is 8. The molecule has 1 unspecified atom stereocenters. The average Bonchev–Trinajstić information content (AvgIpc) is 3.37. The van der Waals surface area contributed by atoms with E-state index in [1.165, 1.54) is 12.8 Å². The van der Waals surface area contributed by atoms with Gasteiger partial charge in [-0.15, -0.1) is 0 Å². The maximum Gasteiger partial charge on any atom is 0.242 e. The number of nitrogens with zero attached hydrogens (tertiary/aromatic N) is 3. The van der Waals surface area contributed by atoms with E-state index in [-0.39, 0.29) is 24.2 Å². The first kappa shape index (κ1) is 25.4. The zero-order valence-electron chi connectivity index (χ0n) is 20.1. The second-order valence-corrected chi connectivity index (χ2v) is 9.94. The van der Waals surface area contributed by atoms with Gasteiger partial charge < -0.3 is 19.8 Å². The highest BCUT2D eigenvalue weighted by atomic mass is 35.5. The lowest BCUT2D eigenvalue weighted by Crippen LogP contribution is -2.42. The predicted octanol–water partition coefficient (Wildman–Crippen LogP) is 6.10. The van der Waals surface area contributed by atoms with Gasteiger partial charge in [0.2, 0.25) is 5.91 Å². The van der Waals surface area contributed by atoms with Crippen LogP contribution in [0.3, 0.4) is 0 Å². The number of anilines is 1. The van der Waals surface area contributed by atoms with Gasteiger partial charge in [-0.3, -0.25) is 4.79 Å². The number of likely N-dealkylation sites (tertiary alicyclic amines) is 1. The standard InChI is InChI=1S/C28H31Cl2N3O2/c1-31(22-13-14-24(29)25(30)17-22)19-28(35)32(2)26(18-33-15-5-6-16-33)21-11-9-20(10-12-21)23-7-3-4-8-27(23)34/h3-4,7-14,17,26,34H,5-6,15-16,18-19H2,1-2H3. The number of carbonyl (C=O) groups excluding carboxylic acids is 1. The molecule has 1 saturated heterocycles. The molecular formula is C28H31Cl2N3O2. The summed E-state index contributed by atoms with van der Waals surface area (Å²) in [5, 5.41) is 11.2. The molecule has 0 radical (unpaired) electrons. The number of likely N-dealkylation sites (N-methyl/N-ethyl adjacent to an activating group) is 2. The fourth-order valence-corrected chi connectivity index (χ4v) is 4.86. The number of halogens is 2. The van der Waals surface area contributed by atoms with Gasteiger partial charge in [-0.2, -0.15) is 0 Å². The van der Waals surface area contributed by atoms with E-state index in [1.54, 1.807) is 18.2 Å². The number of hydrogen-bond acceptors (Lipinski definition) is 4. The van der Waals surface area contributed by atoms with E-state index in [0.29, 0.717) is 10.0 Å². The van der Waals surface area contributed by atoms with Crippen LogP contribution in [0.1, 0.15) is 24.4 Å². The van der Waals surface area contributed by atoms with E-state index in [9.17, 15) is 9.90 Å². The Balaban J connectivity index is 1.54. The third-order valence-corrected chi connectivity index (χ3v) is 7.46. The summed E-state index contributed by atoms with van der Waals surface area (Å²) in [4.78, 5) is 19.5. The number of phenolic OH excluding ortho intramolecular Hbond substituents is 1. The molecule has 4 rings (SSSR count). The number of carbonyl (C=O) groups is 1. The fraction of sp³-hybridized carbons (Fsp3) is 0.321. The van der Waals surface area contributed by atoms with Crippen LogP contribution < -0.4 is 4.90 Å². The van der Waals surface area contributed by atoms with Gasteiger partial charge in [0.1, 0.15) is 5.75 Å². The van der Waals surface area contributed by atoms with Crippen molar-refractivity contribution in [1.82, 2.24) is 9.80 Å². The minimum Gasteiger partial charge on any atom is -0.507 e. The summed E-state index contributed by atoms with van der Waals surface area (Å²) in [7, 11) is 3.75. The van der Waals surface area contributed by atoms with Crippen molar-refractivity contribution in [2.75, 3.05) is 45.2 Å². The highest BCUT2D eigenvalue weighted by Gasteiger charge is 2.26. The molecular weight excluding hydrogens is 481 g/mol. The van der Waals surface area contributed by atoms with Gasteiger partial charge in [0.15, 0.2) is 0 Å². The summed E-state index contributed by atoms with van der Waals surface area (Å²) < 4.78 is 0. The fourth-order valence-electron chi connectivity index (χ4n) is 4.57. The smallest absolute Gasteiger partial charge is 0.242 e. The van der Waals surface area contributed by atoms with Crippen molar-refractivity contribution in [3.05, 3.63) is 82.3 Å². The lowest BCUT2D eigenvalue weighted by atomic mass is 9.99. The van der Waals surface area contributed by atoms with Gasteiger partial charge in [0.25, 0.3) is 0 Å². The monoisotopic (exact) mass is 511 g/mol. The van der Waals surface area contributed by atoms with Gasteiger partial charge in [0.05, 0.1) is 22.6 Å². The van der Waals surface area contributed by atoms with E-state index in [1.807, 2.05) is 60.3 Å². The predicted molar refractivity (Wildman–Crippen MR) is 144 cm³/mol. The Morgan fingerprint density at radius 1 is 0.971 bits per heavy atom. The third kappa shape index (κ3) is 6.10. The van der Waals surface area contributed by atoms with Crippen LogP contribution in [0.2, 0.25) is 10.0 Å². The summed E-state index contributed by atoms with van der Waals surface area (Å²) in [5.41, 5.74) is 3.65. The van der Waals surface area contributed by atoms with E-state index in [2.05, 4.69) is 17.0 Å². The number of benzene rings is 3. The van der Waals surface area contributed by atoms with Crippen molar-refractivity contribution in [3.63, 3.8) is 0 Å². The molecule has 1 N–H and O–H groups in total. The number of phenols is 1. The molecule has 3 aromatic carbocycles. The molecule has 0 aromatic heterocycles. The number of para-hydroxylation sites is 1. The van der Waals surface area contributed by atoms with E-state index in [0.717, 1.165) is 42.0 Å². The first-order valence-corrected chi connectivity index (χ1v) is 12.6. The largest absolute Gasteiger partial charge is 0.507 e. The van der Waals surface area contributed by atoms with Crippen LogP contribution >= 0.6 is 23.2 Å². The van der Waals surface area contributed by atoms with E-state index < -0.39 is 0 Å². The molecule has 5 nitrogen and oxygen atoms in total. The molecule has 3 aromatic rings. The van der Waals surface area contributed by atoms with Crippen molar-refractivity contribution in [2.45, 2.75) is 18.9 Å². The Bertz CT molecular complexity index is 1160. The van der Waals surface area contributed by atoms with E-state index >= 15 is 0 Å². The van der Waals surface area contributed by atoms with Gasteiger partial charge in [-0.25, -0.2) is 0 Å². The molecule has 0 aliphatic carbocycles. The van der Waals surface area contributed by atoms with Crippen LogP contribution in [0.15, 0.2) is 66.7 Å². The molecule has 0 spiro atoms. The van der Waals surface area contributed by atoms with Gasteiger partial charge >= 0.3 is 0 Å². The molecule has 1 atom stereocenters. The Labute approximate surface area is 217 Å². The van der Waals surface area contributed by atoms with Gasteiger partial charge in [-0.1, -0.05) is 65.7 Å². The maximum absolute atomic E-state index is 13.4. The molecule has 1 aliphatic rings. The molecule has 184 valence electrons. The van der Waals surface area contributed by atoms with Crippen LogP contribution in [0.4, 0.5) is 5.69 Å². The quantitative estimate of drug-likeness (QED) is 0.397. The molecule has 35 heavy (non-hydrogen) atoms. The van der Waals surface area contributed by atoms with Crippen LogP contribution in [0, 0.1) is 0 Å². The molecule has 0 saturated carbocycles. The Morgan fingerprint density at radius 3 is 2.31 bits per heavy atom. The second kappa shape index (κ2) is 11.3. The zero-order chi connectivity index (χ0) is 24.9. The molecule has 1 heterocycles. The summed E-state index contributed by atoms with van der Waals surface area (Å²) in [6.45, 7) is 3.12. The van der Waals surface area contributed by atoms with Crippen LogP contribution in [0.5, 0.6) is 5.75 Å². The van der Waals surface area contributed by atoms with Gasteiger partial charge in [-0.05, 0) is 61.3 Å². The van der Waals surface area contributed by atoms with Crippen LogP contribution in [-0.2, 0) is 4.79 Å².